The minimum absolute atomic E-state index is 0.0444. The summed E-state index contributed by atoms with van der Waals surface area (Å²) in [7, 11) is 3.97. The number of ketones is 1. The first-order valence-corrected chi connectivity index (χ1v) is 15.5. The molecule has 1 aliphatic carbocycles. The van der Waals surface area contributed by atoms with Crippen molar-refractivity contribution in [3.05, 3.63) is 88.9 Å². The second-order valence-corrected chi connectivity index (χ2v) is 12.8. The van der Waals surface area contributed by atoms with Gasteiger partial charge in [-0.1, -0.05) is 53.6 Å². The molecular weight excluding hydrogens is 566 g/mol. The van der Waals surface area contributed by atoms with Crippen LogP contribution in [0.25, 0.3) is 10.9 Å². The Morgan fingerprint density at radius 1 is 0.929 bits per heavy atom. The smallest absolute Gasteiger partial charge is 0.234 e. The molecule has 0 spiro atoms. The normalized spacial score (nSPS) is 17.4. The lowest BCUT2D eigenvalue weighted by Gasteiger charge is -2.31. The van der Waals surface area contributed by atoms with Crippen LogP contribution in [0.5, 0.6) is 0 Å². The van der Waals surface area contributed by atoms with Crippen LogP contribution in [0.4, 0.5) is 11.8 Å². The predicted molar refractivity (Wildman–Crippen MR) is 173 cm³/mol. The van der Waals surface area contributed by atoms with E-state index in [1.165, 1.54) is 11.8 Å². The molecule has 0 bridgehead atoms. The summed E-state index contributed by atoms with van der Waals surface area (Å²) in [6.45, 7) is 1.99. The van der Waals surface area contributed by atoms with E-state index in [9.17, 15) is 9.59 Å². The third kappa shape index (κ3) is 7.61. The van der Waals surface area contributed by atoms with Gasteiger partial charge in [-0.15, -0.1) is 11.8 Å². The lowest BCUT2D eigenvalue weighted by atomic mass is 9.91. The maximum Gasteiger partial charge on any atom is 0.234 e. The molecule has 9 heteroatoms. The van der Waals surface area contributed by atoms with Crippen LogP contribution in [0.2, 0.25) is 5.02 Å². The lowest BCUT2D eigenvalue weighted by Crippen LogP contribution is -2.44. The van der Waals surface area contributed by atoms with E-state index >= 15 is 0 Å². The summed E-state index contributed by atoms with van der Waals surface area (Å²) in [4.78, 5) is 39.1. The zero-order valence-corrected chi connectivity index (χ0v) is 25.7. The van der Waals surface area contributed by atoms with Gasteiger partial charge in [0.25, 0.3) is 0 Å². The molecular formula is C33H36ClN5O2S. The van der Waals surface area contributed by atoms with E-state index in [0.29, 0.717) is 16.5 Å². The summed E-state index contributed by atoms with van der Waals surface area (Å²) >= 11 is 7.47. The number of Topliss-reactive ketones (excluding diaryl/α,β-unsaturated/α-hetero) is 1. The van der Waals surface area contributed by atoms with Gasteiger partial charge in [0.15, 0.2) is 5.78 Å². The number of aromatic nitrogens is 2. The Morgan fingerprint density at radius 2 is 1.60 bits per heavy atom. The fraction of sp³-hybridized carbons (Fsp3) is 0.333. The lowest BCUT2D eigenvalue weighted by molar-refractivity contribution is -0.121. The number of aryl methyl sites for hydroxylation is 1. The highest BCUT2D eigenvalue weighted by Crippen LogP contribution is 2.30. The van der Waals surface area contributed by atoms with Gasteiger partial charge in [-0.3, -0.25) is 9.59 Å². The van der Waals surface area contributed by atoms with Gasteiger partial charge < -0.3 is 15.5 Å². The number of rotatable bonds is 10. The van der Waals surface area contributed by atoms with Crippen LogP contribution in [-0.2, 0) is 4.79 Å². The molecule has 3 aromatic carbocycles. The Bertz CT molecular complexity index is 1540. The first-order chi connectivity index (χ1) is 20.2. The molecule has 7 nitrogen and oxygen atoms in total. The summed E-state index contributed by atoms with van der Waals surface area (Å²) in [5, 5.41) is 7.88. The van der Waals surface area contributed by atoms with Crippen molar-refractivity contribution in [2.75, 3.05) is 24.3 Å². The van der Waals surface area contributed by atoms with Crippen LogP contribution in [0.1, 0.15) is 48.0 Å². The number of halogens is 1. The van der Waals surface area contributed by atoms with E-state index < -0.39 is 5.25 Å². The van der Waals surface area contributed by atoms with Crippen LogP contribution in [0.3, 0.4) is 0 Å². The second-order valence-electron chi connectivity index (χ2n) is 11.0. The molecule has 1 atom stereocenters. The molecule has 1 aromatic heterocycles. The first kappa shape index (κ1) is 29.9. The number of carbonyl (C=O) groups excluding carboxylic acids is 2. The number of anilines is 2. The van der Waals surface area contributed by atoms with E-state index in [-0.39, 0.29) is 30.2 Å². The molecule has 1 fully saturated rings. The predicted octanol–water partition coefficient (Wildman–Crippen LogP) is 6.93. The SMILES string of the molecule is Cc1ccc(C(=O)CC(Sc2ccc(Cl)cc2)C(=O)NC2CCC(Nc3nc(N(C)C)c4ccccc4n3)CC2)cc1. The van der Waals surface area contributed by atoms with Crippen LogP contribution in [0, 0.1) is 6.92 Å². The summed E-state index contributed by atoms with van der Waals surface area (Å²) in [6.07, 6.45) is 3.56. The van der Waals surface area contributed by atoms with Gasteiger partial charge in [0, 0.05) is 53.5 Å². The molecule has 4 aromatic rings. The van der Waals surface area contributed by atoms with Gasteiger partial charge in [0.2, 0.25) is 11.9 Å². The number of hydrogen-bond donors (Lipinski definition) is 2. The minimum atomic E-state index is -0.550. The Kier molecular flexibility index (Phi) is 9.65. The number of hydrogen-bond acceptors (Lipinski definition) is 7. The molecule has 218 valence electrons. The van der Waals surface area contributed by atoms with Gasteiger partial charge >= 0.3 is 0 Å². The van der Waals surface area contributed by atoms with Crippen molar-refractivity contribution in [3.63, 3.8) is 0 Å². The molecule has 1 saturated carbocycles. The number of nitrogens with one attached hydrogen (secondary N) is 2. The van der Waals surface area contributed by atoms with Crippen molar-refractivity contribution in [1.82, 2.24) is 15.3 Å². The molecule has 1 heterocycles. The van der Waals surface area contributed by atoms with E-state index in [1.54, 1.807) is 12.1 Å². The standard InChI is InChI=1S/C33H36ClN5O2S/c1-21-8-10-22(11-9-21)29(40)20-30(42-26-18-12-23(34)13-19-26)32(41)35-24-14-16-25(17-15-24)36-33-37-28-7-5-4-6-27(28)31(38-33)39(2)3/h4-13,18-19,24-25,30H,14-17,20H2,1-3H3,(H,35,41)(H,36,37,38). The Labute approximate surface area is 256 Å². The number of fused-ring (bicyclic) bond motifs is 1. The molecule has 42 heavy (non-hydrogen) atoms. The highest BCUT2D eigenvalue weighted by atomic mass is 35.5. The minimum Gasteiger partial charge on any atom is -0.362 e. The fourth-order valence-electron chi connectivity index (χ4n) is 5.22. The topological polar surface area (TPSA) is 87.2 Å². The van der Waals surface area contributed by atoms with Gasteiger partial charge in [-0.05, 0) is 69.0 Å². The Hall–Kier alpha value is -3.62. The zero-order valence-electron chi connectivity index (χ0n) is 24.1. The van der Waals surface area contributed by atoms with E-state index in [1.807, 2.05) is 86.6 Å². The number of carbonyl (C=O) groups is 2. The number of benzene rings is 3. The average molecular weight is 602 g/mol. The van der Waals surface area contributed by atoms with Crippen molar-refractivity contribution >= 4 is 57.7 Å². The van der Waals surface area contributed by atoms with Gasteiger partial charge in [0.05, 0.1) is 10.8 Å². The largest absolute Gasteiger partial charge is 0.362 e. The van der Waals surface area contributed by atoms with Crippen molar-refractivity contribution in [1.29, 1.82) is 0 Å². The van der Waals surface area contributed by atoms with Gasteiger partial charge in [0.1, 0.15) is 5.82 Å². The van der Waals surface area contributed by atoms with Gasteiger partial charge in [-0.25, -0.2) is 4.98 Å². The molecule has 2 N–H and O–H groups in total. The number of nitrogens with zero attached hydrogens (tertiary/aromatic N) is 3. The molecule has 0 aliphatic heterocycles. The fourth-order valence-corrected chi connectivity index (χ4v) is 6.37. The number of para-hydroxylation sites is 1. The van der Waals surface area contributed by atoms with E-state index in [2.05, 4.69) is 10.6 Å². The van der Waals surface area contributed by atoms with E-state index in [4.69, 9.17) is 21.6 Å². The van der Waals surface area contributed by atoms with Gasteiger partial charge in [-0.2, -0.15) is 4.98 Å². The summed E-state index contributed by atoms with van der Waals surface area (Å²) in [6, 6.07) is 23.2. The highest BCUT2D eigenvalue weighted by molar-refractivity contribution is 8.00. The zero-order chi connectivity index (χ0) is 29.6. The number of thioether (sulfide) groups is 1. The van der Waals surface area contributed by atoms with Crippen molar-refractivity contribution in [2.45, 2.75) is 61.3 Å². The molecule has 1 aliphatic rings. The van der Waals surface area contributed by atoms with E-state index in [0.717, 1.165) is 52.9 Å². The average Bonchev–Trinajstić information content (AvgIpc) is 2.98. The molecule has 0 saturated heterocycles. The summed E-state index contributed by atoms with van der Waals surface area (Å²) in [5.41, 5.74) is 2.62. The van der Waals surface area contributed by atoms with Crippen molar-refractivity contribution in [2.24, 2.45) is 0 Å². The van der Waals surface area contributed by atoms with Crippen molar-refractivity contribution in [3.8, 4) is 0 Å². The first-order valence-electron chi connectivity index (χ1n) is 14.3. The third-order valence-corrected chi connectivity index (χ3v) is 9.00. The maximum absolute atomic E-state index is 13.6. The summed E-state index contributed by atoms with van der Waals surface area (Å²) < 4.78 is 0. The molecule has 5 rings (SSSR count). The third-order valence-electron chi connectivity index (χ3n) is 7.54. The molecule has 1 amide bonds. The van der Waals surface area contributed by atoms with Crippen LogP contribution >= 0.6 is 23.4 Å². The Morgan fingerprint density at radius 3 is 2.29 bits per heavy atom. The van der Waals surface area contributed by atoms with Crippen LogP contribution in [0.15, 0.2) is 77.7 Å². The van der Waals surface area contributed by atoms with Crippen LogP contribution in [-0.4, -0.2) is 53.1 Å². The maximum atomic E-state index is 13.6. The molecule has 1 unspecified atom stereocenters. The second kappa shape index (κ2) is 13.6. The monoisotopic (exact) mass is 601 g/mol. The number of amides is 1. The summed E-state index contributed by atoms with van der Waals surface area (Å²) in [5.74, 6) is 1.35. The van der Waals surface area contributed by atoms with Crippen molar-refractivity contribution < 1.29 is 9.59 Å². The Balaban J connectivity index is 1.21. The quantitative estimate of drug-likeness (QED) is 0.150. The van der Waals surface area contributed by atoms with Crippen LogP contribution < -0.4 is 15.5 Å². The molecule has 0 radical (unpaired) electrons. The highest BCUT2D eigenvalue weighted by Gasteiger charge is 2.29.